The first-order chi connectivity index (χ1) is 19.6. The van der Waals surface area contributed by atoms with Gasteiger partial charge in [-0.25, -0.2) is 9.48 Å². The predicted molar refractivity (Wildman–Crippen MR) is 150 cm³/mol. The third-order valence-electron chi connectivity index (χ3n) is 7.98. The Kier molecular flexibility index (Phi) is 7.36. The van der Waals surface area contributed by atoms with Gasteiger partial charge in [0.1, 0.15) is 18.1 Å². The second-order valence-electron chi connectivity index (χ2n) is 10.6. The Bertz CT molecular complexity index is 1530. The van der Waals surface area contributed by atoms with Gasteiger partial charge in [-0.05, 0) is 60.6 Å². The summed E-state index contributed by atoms with van der Waals surface area (Å²) in [5.41, 5.74) is 4.67. The summed E-state index contributed by atoms with van der Waals surface area (Å²) in [5, 5.41) is 18.5. The molecule has 1 aromatic heterocycles. The van der Waals surface area contributed by atoms with Crippen molar-refractivity contribution in [3.63, 3.8) is 0 Å². The normalized spacial score (nSPS) is 20.4. The summed E-state index contributed by atoms with van der Waals surface area (Å²) < 4.78 is 13.4. The molecule has 0 radical (unpaired) electrons. The minimum absolute atomic E-state index is 0.0537. The van der Waals surface area contributed by atoms with Gasteiger partial charge in [0.25, 0.3) is 0 Å². The van der Waals surface area contributed by atoms with Gasteiger partial charge in [-0.1, -0.05) is 54.6 Å². The maximum atomic E-state index is 12.8. The molecule has 1 aliphatic heterocycles. The van der Waals surface area contributed by atoms with Gasteiger partial charge >= 0.3 is 6.09 Å². The minimum atomic E-state index is -0.630. The van der Waals surface area contributed by atoms with E-state index in [4.69, 9.17) is 14.6 Å². The van der Waals surface area contributed by atoms with Crippen molar-refractivity contribution in [2.45, 2.75) is 57.0 Å². The van der Waals surface area contributed by atoms with Crippen LogP contribution >= 0.6 is 0 Å². The highest BCUT2D eigenvalue weighted by atomic mass is 16.5. The second-order valence-corrected chi connectivity index (χ2v) is 10.6. The van der Waals surface area contributed by atoms with E-state index < -0.39 is 11.5 Å². The van der Waals surface area contributed by atoms with Crippen molar-refractivity contribution in [3.05, 3.63) is 89.5 Å². The number of amides is 1. The average Bonchev–Trinajstić information content (AvgIpc) is 3.51. The molecule has 2 unspecified atom stereocenters. The summed E-state index contributed by atoms with van der Waals surface area (Å²) >= 11 is 0. The fraction of sp³-hybridized carbons (Fsp3) is 0.344. The molecule has 8 heteroatoms. The number of hydrogen-bond acceptors (Lipinski definition) is 6. The number of carbonyl (C=O) groups excluding carboxylic acids is 2. The molecule has 0 spiro atoms. The molecule has 1 amide bonds. The summed E-state index contributed by atoms with van der Waals surface area (Å²) in [6.07, 6.45) is 3.31. The fourth-order valence-corrected chi connectivity index (χ4v) is 5.62. The van der Waals surface area contributed by atoms with Crippen LogP contribution in [-0.2, 0) is 32.9 Å². The number of alkyl carbamates (subject to hydrolysis) is 1. The van der Waals surface area contributed by atoms with Gasteiger partial charge in [0.15, 0.2) is 6.23 Å². The topological polar surface area (TPSA) is 103 Å². The molecular weight excluding hydrogens is 506 g/mol. The summed E-state index contributed by atoms with van der Waals surface area (Å²) in [4.78, 5) is 25.1. The SMILES string of the molecule is O=C(NCCC1(c2ccc3c(c2)c(-c2cccc(CO)c2)nn3C2CCCCO2)CC1=O)OCc1ccccc1. The van der Waals surface area contributed by atoms with E-state index in [9.17, 15) is 14.7 Å². The number of rotatable bonds is 9. The lowest BCUT2D eigenvalue weighted by atomic mass is 9.90. The quantitative estimate of drug-likeness (QED) is 0.294. The largest absolute Gasteiger partial charge is 0.445 e. The van der Waals surface area contributed by atoms with Crippen LogP contribution in [0.2, 0.25) is 0 Å². The van der Waals surface area contributed by atoms with E-state index >= 15 is 0 Å². The molecule has 6 rings (SSSR count). The monoisotopic (exact) mass is 539 g/mol. The van der Waals surface area contributed by atoms with Crippen LogP contribution in [0, 0.1) is 0 Å². The number of aromatic nitrogens is 2. The number of ketones is 1. The van der Waals surface area contributed by atoms with E-state index in [2.05, 4.69) is 11.4 Å². The van der Waals surface area contributed by atoms with Crippen LogP contribution in [0.4, 0.5) is 4.79 Å². The molecule has 2 heterocycles. The number of carbonyl (C=O) groups is 2. The minimum Gasteiger partial charge on any atom is -0.445 e. The number of nitrogens with one attached hydrogen (secondary N) is 1. The molecule has 2 fully saturated rings. The van der Waals surface area contributed by atoms with Crippen molar-refractivity contribution in [2.24, 2.45) is 0 Å². The van der Waals surface area contributed by atoms with Crippen molar-refractivity contribution in [3.8, 4) is 11.3 Å². The van der Waals surface area contributed by atoms with E-state index in [0.717, 1.165) is 58.1 Å². The van der Waals surface area contributed by atoms with Crippen LogP contribution in [0.25, 0.3) is 22.2 Å². The lowest BCUT2D eigenvalue weighted by Crippen LogP contribution is -2.28. The zero-order valence-electron chi connectivity index (χ0n) is 22.3. The van der Waals surface area contributed by atoms with Crippen molar-refractivity contribution >= 4 is 22.8 Å². The van der Waals surface area contributed by atoms with E-state index in [1.165, 1.54) is 0 Å². The number of aliphatic hydroxyl groups excluding tert-OH is 1. The third kappa shape index (κ3) is 5.24. The van der Waals surface area contributed by atoms with Crippen molar-refractivity contribution in [2.75, 3.05) is 13.2 Å². The lowest BCUT2D eigenvalue weighted by Gasteiger charge is -2.23. The van der Waals surface area contributed by atoms with Gasteiger partial charge in [0.2, 0.25) is 0 Å². The van der Waals surface area contributed by atoms with E-state index in [-0.39, 0.29) is 25.2 Å². The van der Waals surface area contributed by atoms with Crippen molar-refractivity contribution < 1.29 is 24.2 Å². The molecule has 3 aromatic carbocycles. The first kappa shape index (κ1) is 26.2. The van der Waals surface area contributed by atoms with Gasteiger partial charge in [-0.15, -0.1) is 0 Å². The number of benzene rings is 3. The van der Waals surface area contributed by atoms with E-state index in [1.807, 2.05) is 71.4 Å². The molecule has 2 N–H and O–H groups in total. The first-order valence-corrected chi connectivity index (χ1v) is 13.9. The maximum absolute atomic E-state index is 12.8. The van der Waals surface area contributed by atoms with Gasteiger partial charge in [0, 0.05) is 30.5 Å². The molecule has 1 saturated heterocycles. The molecule has 206 valence electrons. The van der Waals surface area contributed by atoms with Gasteiger partial charge in [-0.3, -0.25) is 4.79 Å². The summed E-state index contributed by atoms with van der Waals surface area (Å²) in [6.45, 7) is 1.18. The van der Waals surface area contributed by atoms with Gasteiger partial charge in [0.05, 0.1) is 17.5 Å². The number of fused-ring (bicyclic) bond motifs is 1. The molecule has 2 atom stereocenters. The number of Topliss-reactive ketones (excluding diaryl/α,β-unsaturated/α-hetero) is 1. The second kappa shape index (κ2) is 11.2. The lowest BCUT2D eigenvalue weighted by molar-refractivity contribution is -0.111. The molecule has 2 aliphatic rings. The zero-order valence-corrected chi connectivity index (χ0v) is 22.3. The Morgan fingerprint density at radius 1 is 1.07 bits per heavy atom. The molecule has 4 aromatic rings. The van der Waals surface area contributed by atoms with Crippen LogP contribution in [-0.4, -0.2) is 39.9 Å². The highest BCUT2D eigenvalue weighted by Crippen LogP contribution is 2.48. The Balaban J connectivity index is 1.25. The Labute approximate surface area is 232 Å². The summed E-state index contributed by atoms with van der Waals surface area (Å²) in [7, 11) is 0. The van der Waals surface area contributed by atoms with E-state index in [1.54, 1.807) is 0 Å². The summed E-state index contributed by atoms with van der Waals surface area (Å²) in [6, 6.07) is 23.4. The number of aliphatic hydroxyl groups is 1. The first-order valence-electron chi connectivity index (χ1n) is 13.9. The molecule has 8 nitrogen and oxygen atoms in total. The van der Waals surface area contributed by atoms with Crippen molar-refractivity contribution in [1.82, 2.24) is 15.1 Å². The molecule has 0 bridgehead atoms. The average molecular weight is 540 g/mol. The van der Waals surface area contributed by atoms with Crippen LogP contribution in [0.5, 0.6) is 0 Å². The highest BCUT2D eigenvalue weighted by molar-refractivity contribution is 6.07. The highest BCUT2D eigenvalue weighted by Gasteiger charge is 2.54. The number of nitrogens with zero attached hydrogens (tertiary/aromatic N) is 2. The molecular formula is C32H33N3O5. The standard InChI is InChI=1S/C32H33N3O5/c36-20-23-9-6-10-24(17-23)30-26-18-25(12-13-27(26)35(34-30)29-11-4-5-16-39-29)32(19-28(32)37)14-15-33-31(38)40-21-22-7-2-1-3-8-22/h1-3,6-10,12-13,17-18,29,36H,4-5,11,14-16,19-21H2,(H,33,38). The van der Waals surface area contributed by atoms with Crippen LogP contribution in [0.15, 0.2) is 72.8 Å². The summed E-state index contributed by atoms with van der Waals surface area (Å²) in [5.74, 6) is 0.165. The smallest absolute Gasteiger partial charge is 0.407 e. The predicted octanol–water partition coefficient (Wildman–Crippen LogP) is 5.42. The van der Waals surface area contributed by atoms with Gasteiger partial charge in [-0.2, -0.15) is 5.10 Å². The fourth-order valence-electron chi connectivity index (χ4n) is 5.62. The molecule has 1 aliphatic carbocycles. The van der Waals surface area contributed by atoms with Crippen LogP contribution in [0.3, 0.4) is 0 Å². The number of hydrogen-bond donors (Lipinski definition) is 2. The van der Waals surface area contributed by atoms with Gasteiger partial charge < -0.3 is 19.9 Å². The van der Waals surface area contributed by atoms with Crippen LogP contribution < -0.4 is 5.32 Å². The zero-order chi connectivity index (χ0) is 27.5. The molecule has 40 heavy (non-hydrogen) atoms. The molecule has 1 saturated carbocycles. The van der Waals surface area contributed by atoms with Crippen molar-refractivity contribution in [1.29, 1.82) is 0 Å². The maximum Gasteiger partial charge on any atom is 0.407 e. The van der Waals surface area contributed by atoms with Crippen LogP contribution in [0.1, 0.15) is 55.0 Å². The Morgan fingerprint density at radius 2 is 1.90 bits per heavy atom. The third-order valence-corrected chi connectivity index (χ3v) is 7.98. The Hall–Kier alpha value is -4.01. The Morgan fingerprint density at radius 3 is 2.65 bits per heavy atom. The van der Waals surface area contributed by atoms with E-state index in [0.29, 0.717) is 26.0 Å². The number of ether oxygens (including phenoxy) is 2.